The molecule has 3 N–H and O–H groups in total. The molecule has 2 rings (SSSR count). The predicted octanol–water partition coefficient (Wildman–Crippen LogP) is 2.12. The van der Waals surface area contributed by atoms with Gasteiger partial charge < -0.3 is 0 Å². The third-order valence-corrected chi connectivity index (χ3v) is 3.45. The number of nitrogens with two attached hydrogens (primary N) is 1. The second kappa shape index (κ2) is 6.31. The van der Waals surface area contributed by atoms with E-state index in [4.69, 9.17) is 5.84 Å². The van der Waals surface area contributed by atoms with Gasteiger partial charge in [-0.25, -0.2) is 10.2 Å². The van der Waals surface area contributed by atoms with Gasteiger partial charge in [0.25, 0.3) is 5.91 Å². The van der Waals surface area contributed by atoms with Crippen molar-refractivity contribution in [3.05, 3.63) is 59.7 Å². The van der Waals surface area contributed by atoms with Gasteiger partial charge in [-0.15, -0.1) is 11.8 Å². The van der Waals surface area contributed by atoms with Crippen molar-refractivity contribution < 1.29 is 9.18 Å². The van der Waals surface area contributed by atoms with Crippen molar-refractivity contribution in [2.24, 2.45) is 5.84 Å². The van der Waals surface area contributed by atoms with Crippen LogP contribution in [0.15, 0.2) is 47.5 Å². The average Bonchev–Trinajstić information content (AvgIpc) is 2.45. The Morgan fingerprint density at radius 3 is 2.95 bits per heavy atom. The number of nitrogen functional groups attached to an aromatic ring is 1. The van der Waals surface area contributed by atoms with Crippen LogP contribution in [0.5, 0.6) is 0 Å². The molecule has 0 radical (unpaired) electrons. The first-order valence-corrected chi connectivity index (χ1v) is 6.52. The lowest BCUT2D eigenvalue weighted by molar-refractivity contribution is 0.0948. The fourth-order valence-corrected chi connectivity index (χ4v) is 2.36. The maximum atomic E-state index is 13.0. The number of carbonyl (C=O) groups excluding carboxylic acids is 1. The summed E-state index contributed by atoms with van der Waals surface area (Å²) in [6, 6.07) is 9.85. The summed E-state index contributed by atoms with van der Waals surface area (Å²) in [6.45, 7) is 0. The van der Waals surface area contributed by atoms with Crippen LogP contribution < -0.4 is 11.3 Å². The van der Waals surface area contributed by atoms with Crippen LogP contribution in [-0.4, -0.2) is 10.9 Å². The van der Waals surface area contributed by atoms with Crippen molar-refractivity contribution in [1.29, 1.82) is 0 Å². The number of pyridine rings is 1. The highest BCUT2D eigenvalue weighted by molar-refractivity contribution is 7.98. The zero-order valence-corrected chi connectivity index (χ0v) is 10.8. The standard InChI is InChI=1S/C13H12FN3OS/c14-10-3-1-2-9(6-10)8-19-11-4-5-16-12(7-11)13(18)17-15/h1-7H,8,15H2,(H,17,18). The number of hydrogen-bond acceptors (Lipinski definition) is 4. The number of nitrogens with zero attached hydrogens (tertiary/aromatic N) is 1. The Kier molecular flexibility index (Phi) is 4.48. The Morgan fingerprint density at radius 1 is 1.37 bits per heavy atom. The predicted molar refractivity (Wildman–Crippen MR) is 71.9 cm³/mol. The Bertz CT molecular complexity index is 592. The summed E-state index contributed by atoms with van der Waals surface area (Å²) >= 11 is 1.50. The van der Waals surface area contributed by atoms with Crippen LogP contribution in [-0.2, 0) is 5.75 Å². The third-order valence-electron chi connectivity index (χ3n) is 2.39. The van der Waals surface area contributed by atoms with Crippen molar-refractivity contribution in [2.45, 2.75) is 10.6 Å². The first kappa shape index (κ1) is 13.5. The molecular weight excluding hydrogens is 265 g/mol. The van der Waals surface area contributed by atoms with Crippen molar-refractivity contribution in [3.63, 3.8) is 0 Å². The van der Waals surface area contributed by atoms with E-state index in [9.17, 15) is 9.18 Å². The zero-order valence-electron chi connectivity index (χ0n) is 9.97. The highest BCUT2D eigenvalue weighted by Gasteiger charge is 2.06. The number of nitrogens with one attached hydrogen (secondary N) is 1. The van der Waals surface area contributed by atoms with Gasteiger partial charge in [-0.3, -0.25) is 15.2 Å². The Balaban J connectivity index is 2.05. The normalized spacial score (nSPS) is 10.2. The number of thioether (sulfide) groups is 1. The Labute approximate surface area is 114 Å². The van der Waals surface area contributed by atoms with Gasteiger partial charge in [-0.1, -0.05) is 12.1 Å². The van der Waals surface area contributed by atoms with Gasteiger partial charge in [-0.2, -0.15) is 0 Å². The lowest BCUT2D eigenvalue weighted by atomic mass is 10.2. The van der Waals surface area contributed by atoms with E-state index < -0.39 is 5.91 Å². The first-order valence-electron chi connectivity index (χ1n) is 5.53. The monoisotopic (exact) mass is 277 g/mol. The van der Waals surface area contributed by atoms with Gasteiger partial charge >= 0.3 is 0 Å². The summed E-state index contributed by atoms with van der Waals surface area (Å²) in [5.41, 5.74) is 3.17. The lowest BCUT2D eigenvalue weighted by Gasteiger charge is -2.04. The van der Waals surface area contributed by atoms with Crippen LogP contribution in [0.1, 0.15) is 16.1 Å². The second-order valence-electron chi connectivity index (χ2n) is 3.77. The lowest BCUT2D eigenvalue weighted by Crippen LogP contribution is -2.30. The van der Waals surface area contributed by atoms with Gasteiger partial charge in [0.05, 0.1) is 0 Å². The van der Waals surface area contributed by atoms with E-state index >= 15 is 0 Å². The molecule has 0 fully saturated rings. The molecular formula is C13H12FN3OS. The maximum Gasteiger partial charge on any atom is 0.283 e. The number of aromatic nitrogens is 1. The minimum absolute atomic E-state index is 0.254. The van der Waals surface area contributed by atoms with Crippen molar-refractivity contribution in [3.8, 4) is 0 Å². The van der Waals surface area contributed by atoms with E-state index in [-0.39, 0.29) is 11.5 Å². The van der Waals surface area contributed by atoms with Crippen LogP contribution in [0, 0.1) is 5.82 Å². The molecule has 0 aliphatic rings. The molecule has 98 valence electrons. The van der Waals surface area contributed by atoms with E-state index in [1.54, 1.807) is 24.4 Å². The number of benzene rings is 1. The van der Waals surface area contributed by atoms with Gasteiger partial charge in [-0.05, 0) is 29.8 Å². The summed E-state index contributed by atoms with van der Waals surface area (Å²) < 4.78 is 13.0. The number of halogens is 1. The quantitative estimate of drug-likeness (QED) is 0.389. The van der Waals surface area contributed by atoms with Gasteiger partial charge in [0.2, 0.25) is 0 Å². The summed E-state index contributed by atoms with van der Waals surface area (Å²) in [6.07, 6.45) is 1.54. The number of amides is 1. The SMILES string of the molecule is NNC(=O)c1cc(SCc2cccc(F)c2)ccn1. The molecule has 19 heavy (non-hydrogen) atoms. The molecule has 0 saturated carbocycles. The fraction of sp³-hybridized carbons (Fsp3) is 0.0769. The van der Waals surface area contributed by atoms with Gasteiger partial charge in [0, 0.05) is 16.8 Å². The topological polar surface area (TPSA) is 68.0 Å². The molecule has 2 aromatic rings. The molecule has 0 aliphatic carbocycles. The number of hydrogen-bond donors (Lipinski definition) is 2. The van der Waals surface area contributed by atoms with Gasteiger partial charge in [0.15, 0.2) is 0 Å². The highest BCUT2D eigenvalue weighted by atomic mass is 32.2. The molecule has 1 aromatic carbocycles. The van der Waals surface area contributed by atoms with E-state index in [1.807, 2.05) is 11.5 Å². The summed E-state index contributed by atoms with van der Waals surface area (Å²) in [7, 11) is 0. The summed E-state index contributed by atoms with van der Waals surface area (Å²) in [5, 5.41) is 0. The smallest absolute Gasteiger partial charge is 0.283 e. The largest absolute Gasteiger partial charge is 0.289 e. The average molecular weight is 277 g/mol. The molecule has 1 heterocycles. The second-order valence-corrected chi connectivity index (χ2v) is 4.82. The van der Waals surface area contributed by atoms with Crippen LogP contribution in [0.2, 0.25) is 0 Å². The summed E-state index contributed by atoms with van der Waals surface area (Å²) in [4.78, 5) is 16.1. The number of hydrazine groups is 1. The van der Waals surface area contributed by atoms with Crippen LogP contribution in [0.25, 0.3) is 0 Å². The van der Waals surface area contributed by atoms with E-state index in [0.717, 1.165) is 10.5 Å². The maximum absolute atomic E-state index is 13.0. The van der Waals surface area contributed by atoms with Gasteiger partial charge in [0.1, 0.15) is 11.5 Å². The fourth-order valence-electron chi connectivity index (χ4n) is 1.49. The molecule has 6 heteroatoms. The number of carbonyl (C=O) groups is 1. The van der Waals surface area contributed by atoms with Crippen LogP contribution in [0.4, 0.5) is 4.39 Å². The summed E-state index contributed by atoms with van der Waals surface area (Å²) in [5.74, 6) is 4.97. The minimum atomic E-state index is -0.437. The van der Waals surface area contributed by atoms with E-state index in [1.165, 1.54) is 23.9 Å². The van der Waals surface area contributed by atoms with Crippen molar-refractivity contribution in [2.75, 3.05) is 0 Å². The van der Waals surface area contributed by atoms with E-state index in [2.05, 4.69) is 4.98 Å². The van der Waals surface area contributed by atoms with Crippen molar-refractivity contribution >= 4 is 17.7 Å². The minimum Gasteiger partial charge on any atom is -0.289 e. The van der Waals surface area contributed by atoms with E-state index in [0.29, 0.717) is 5.75 Å². The number of rotatable bonds is 4. The molecule has 1 aromatic heterocycles. The molecule has 0 atom stereocenters. The van der Waals surface area contributed by atoms with Crippen LogP contribution >= 0.6 is 11.8 Å². The Morgan fingerprint density at radius 2 is 2.21 bits per heavy atom. The molecule has 0 aliphatic heterocycles. The molecule has 1 amide bonds. The molecule has 0 bridgehead atoms. The Hall–Kier alpha value is -1.92. The van der Waals surface area contributed by atoms with Crippen molar-refractivity contribution in [1.82, 2.24) is 10.4 Å². The molecule has 0 saturated heterocycles. The molecule has 0 spiro atoms. The zero-order chi connectivity index (χ0) is 13.7. The highest BCUT2D eigenvalue weighted by Crippen LogP contribution is 2.23. The van der Waals surface area contributed by atoms with Crippen LogP contribution in [0.3, 0.4) is 0 Å². The molecule has 0 unspecified atom stereocenters. The first-order chi connectivity index (χ1) is 9.19. The molecule has 4 nitrogen and oxygen atoms in total. The third kappa shape index (κ3) is 3.77.